The van der Waals surface area contributed by atoms with Gasteiger partial charge in [-0.1, -0.05) is 56.5 Å². The lowest BCUT2D eigenvalue weighted by molar-refractivity contribution is 0.0462. The first-order valence-corrected chi connectivity index (χ1v) is 13.1. The van der Waals surface area contributed by atoms with E-state index in [1.807, 2.05) is 4.90 Å². The van der Waals surface area contributed by atoms with Crippen LogP contribution in [0.25, 0.3) is 0 Å². The number of nitrogens with one attached hydrogen (secondary N) is 1. The highest BCUT2D eigenvalue weighted by atomic mass is 35.5. The first kappa shape index (κ1) is 26.2. The van der Waals surface area contributed by atoms with Gasteiger partial charge in [0.05, 0.1) is 5.56 Å². The van der Waals surface area contributed by atoms with Gasteiger partial charge in [-0.05, 0) is 55.2 Å². The maximum Gasteiger partial charge on any atom is 0.295 e. The largest absolute Gasteiger partial charge is 0.502 e. The van der Waals surface area contributed by atoms with E-state index in [4.69, 9.17) is 11.6 Å². The fraction of sp³-hybridized carbons (Fsp3) is 0.519. The molecule has 0 saturated heterocycles. The first-order chi connectivity index (χ1) is 17.3. The van der Waals surface area contributed by atoms with Crippen molar-refractivity contribution in [3.63, 3.8) is 0 Å². The number of halogens is 2. The minimum atomic E-state index is -0.710. The van der Waals surface area contributed by atoms with Crippen LogP contribution in [0.15, 0.2) is 40.2 Å². The molecule has 1 aliphatic heterocycles. The van der Waals surface area contributed by atoms with Crippen LogP contribution >= 0.6 is 11.6 Å². The van der Waals surface area contributed by atoms with Crippen molar-refractivity contribution < 1.29 is 19.1 Å². The van der Waals surface area contributed by atoms with Crippen molar-refractivity contribution in [1.82, 2.24) is 14.8 Å². The first-order valence-electron chi connectivity index (χ1n) is 12.7. The molecule has 2 amide bonds. The summed E-state index contributed by atoms with van der Waals surface area (Å²) >= 11 is 5.84. The standard InChI is InChI=1S/C27H33ClFN3O4/c1-3-20-21(24(34)30-15-17(8-7-13-29)14-16(2)28)23(33)27(36)32-22(20)26(35)31(25(32)18-11-12-18)19-9-5-4-6-10-19/h7-8,14,18-19,25,33H,2-6,9-13,15H2,1H3,(H,30,34)/b8-7-,17-14+. The predicted octanol–water partition coefficient (Wildman–Crippen LogP) is 4.75. The normalized spacial score (nSPS) is 20.8. The molecule has 7 nitrogen and oxygen atoms in total. The Morgan fingerprint density at radius 2 is 1.92 bits per heavy atom. The lowest BCUT2D eigenvalue weighted by atomic mass is 9.93. The average molecular weight is 518 g/mol. The molecule has 0 bridgehead atoms. The zero-order valence-corrected chi connectivity index (χ0v) is 21.3. The molecule has 1 atom stereocenters. The second kappa shape index (κ2) is 11.0. The maximum atomic E-state index is 13.8. The highest BCUT2D eigenvalue weighted by Crippen LogP contribution is 2.48. The zero-order valence-electron chi connectivity index (χ0n) is 20.6. The van der Waals surface area contributed by atoms with Gasteiger partial charge in [0.25, 0.3) is 17.4 Å². The van der Waals surface area contributed by atoms with E-state index >= 15 is 0 Å². The Morgan fingerprint density at radius 1 is 1.22 bits per heavy atom. The van der Waals surface area contributed by atoms with E-state index in [9.17, 15) is 23.9 Å². The van der Waals surface area contributed by atoms with Crippen molar-refractivity contribution >= 4 is 23.4 Å². The van der Waals surface area contributed by atoms with Gasteiger partial charge in [0.2, 0.25) is 0 Å². The molecule has 1 aromatic rings. The zero-order chi connectivity index (χ0) is 26.0. The van der Waals surface area contributed by atoms with Gasteiger partial charge in [0, 0.05) is 17.6 Å². The molecular weight excluding hydrogens is 485 g/mol. The molecular formula is C27H33ClFN3O4. The summed E-state index contributed by atoms with van der Waals surface area (Å²) in [4.78, 5) is 42.4. The van der Waals surface area contributed by atoms with Gasteiger partial charge in [-0.25, -0.2) is 4.39 Å². The van der Waals surface area contributed by atoms with Crippen LogP contribution in [-0.4, -0.2) is 45.6 Å². The number of nitrogens with zero attached hydrogens (tertiary/aromatic N) is 2. The summed E-state index contributed by atoms with van der Waals surface area (Å²) in [6, 6.07) is 0.0546. The Bertz CT molecular complexity index is 1180. The van der Waals surface area contributed by atoms with Crippen molar-refractivity contribution in [1.29, 1.82) is 0 Å². The third kappa shape index (κ3) is 5.01. The monoisotopic (exact) mass is 517 g/mol. The highest BCUT2D eigenvalue weighted by molar-refractivity contribution is 6.30. The van der Waals surface area contributed by atoms with Crippen LogP contribution in [0.4, 0.5) is 4.39 Å². The van der Waals surface area contributed by atoms with Gasteiger partial charge in [-0.15, -0.1) is 0 Å². The summed E-state index contributed by atoms with van der Waals surface area (Å²) in [5.74, 6) is -1.39. The third-order valence-electron chi connectivity index (χ3n) is 7.28. The van der Waals surface area contributed by atoms with Crippen LogP contribution in [0.3, 0.4) is 0 Å². The number of pyridine rings is 1. The number of carbonyl (C=O) groups is 2. The maximum absolute atomic E-state index is 13.8. The quantitative estimate of drug-likeness (QED) is 0.462. The number of carbonyl (C=O) groups excluding carboxylic acids is 2. The van der Waals surface area contributed by atoms with Crippen LogP contribution in [0.2, 0.25) is 0 Å². The molecule has 2 aliphatic carbocycles. The van der Waals surface area contributed by atoms with Gasteiger partial charge >= 0.3 is 0 Å². The molecule has 194 valence electrons. The van der Waals surface area contributed by atoms with Crippen molar-refractivity contribution in [2.75, 3.05) is 13.2 Å². The van der Waals surface area contributed by atoms with Crippen LogP contribution in [0.1, 0.15) is 84.4 Å². The Labute approximate surface area is 215 Å². The summed E-state index contributed by atoms with van der Waals surface area (Å²) in [7, 11) is 0. The fourth-order valence-electron chi connectivity index (χ4n) is 5.57. The molecule has 1 unspecified atom stereocenters. The Kier molecular flexibility index (Phi) is 8.03. The summed E-state index contributed by atoms with van der Waals surface area (Å²) < 4.78 is 14.1. The van der Waals surface area contributed by atoms with E-state index in [1.54, 1.807) is 6.92 Å². The van der Waals surface area contributed by atoms with Gasteiger partial charge in [0.15, 0.2) is 5.75 Å². The molecule has 2 heterocycles. The molecule has 4 rings (SSSR count). The van der Waals surface area contributed by atoms with Crippen LogP contribution in [0.5, 0.6) is 5.75 Å². The van der Waals surface area contributed by atoms with Crippen molar-refractivity contribution in [3.8, 4) is 5.75 Å². The average Bonchev–Trinajstić information content (AvgIpc) is 3.66. The lowest BCUT2D eigenvalue weighted by Crippen LogP contribution is -2.42. The van der Waals surface area contributed by atoms with E-state index < -0.39 is 30.1 Å². The van der Waals surface area contributed by atoms with E-state index in [0.29, 0.717) is 11.1 Å². The molecule has 1 aromatic heterocycles. The predicted molar refractivity (Wildman–Crippen MR) is 137 cm³/mol. The second-order valence-electron chi connectivity index (χ2n) is 9.74. The number of fused-ring (bicyclic) bond motifs is 1. The minimum Gasteiger partial charge on any atom is -0.502 e. The van der Waals surface area contributed by atoms with E-state index in [0.717, 1.165) is 44.9 Å². The number of aromatic hydroxyl groups is 1. The Morgan fingerprint density at radius 3 is 2.50 bits per heavy atom. The molecule has 0 radical (unpaired) electrons. The molecule has 2 N–H and O–H groups in total. The van der Waals surface area contributed by atoms with Gasteiger partial charge < -0.3 is 15.3 Å². The summed E-state index contributed by atoms with van der Waals surface area (Å²) in [6.07, 6.45) is 11.0. The molecule has 2 saturated carbocycles. The van der Waals surface area contributed by atoms with Gasteiger partial charge in [-0.3, -0.25) is 19.0 Å². The fourth-order valence-corrected chi connectivity index (χ4v) is 5.71. The third-order valence-corrected chi connectivity index (χ3v) is 7.39. The van der Waals surface area contributed by atoms with Gasteiger partial charge in [0.1, 0.15) is 18.5 Å². The smallest absolute Gasteiger partial charge is 0.295 e. The number of rotatable bonds is 9. The second-order valence-corrected chi connectivity index (χ2v) is 10.2. The Hall–Kier alpha value is -2.87. The molecule has 0 aromatic carbocycles. The number of hydrogen-bond donors (Lipinski definition) is 2. The van der Waals surface area contributed by atoms with Crippen LogP contribution < -0.4 is 10.9 Å². The molecule has 2 fully saturated rings. The molecule has 3 aliphatic rings. The van der Waals surface area contributed by atoms with E-state index in [2.05, 4.69) is 11.9 Å². The minimum absolute atomic E-state index is 0.0328. The highest BCUT2D eigenvalue weighted by Gasteiger charge is 2.50. The van der Waals surface area contributed by atoms with Crippen molar-refractivity contribution in [3.05, 3.63) is 62.6 Å². The van der Waals surface area contributed by atoms with Crippen molar-refractivity contribution in [2.45, 2.75) is 70.5 Å². The van der Waals surface area contributed by atoms with Gasteiger partial charge in [-0.2, -0.15) is 0 Å². The Balaban J connectivity index is 1.73. The number of hydrogen-bond acceptors (Lipinski definition) is 4. The van der Waals surface area contributed by atoms with E-state index in [-0.39, 0.29) is 47.1 Å². The number of allylic oxidation sites excluding steroid dienone is 3. The molecule has 0 spiro atoms. The molecule has 9 heteroatoms. The SMILES string of the molecule is C=C(Cl)/C=C(\C=C/CF)CNC(=O)c1c(CC)c2n(c(=O)c1O)C(C1CC1)N(C1CCCCC1)C2=O. The van der Waals surface area contributed by atoms with Crippen LogP contribution in [-0.2, 0) is 6.42 Å². The van der Waals surface area contributed by atoms with Crippen molar-refractivity contribution in [2.24, 2.45) is 5.92 Å². The number of alkyl halides is 1. The number of amides is 2. The van der Waals surface area contributed by atoms with Crippen LogP contribution in [0, 0.1) is 5.92 Å². The summed E-state index contributed by atoms with van der Waals surface area (Å²) in [5.41, 5.74) is 0.184. The summed E-state index contributed by atoms with van der Waals surface area (Å²) in [5, 5.41) is 13.8. The topological polar surface area (TPSA) is 91.6 Å². The lowest BCUT2D eigenvalue weighted by Gasteiger charge is -2.35. The molecule has 36 heavy (non-hydrogen) atoms. The van der Waals surface area contributed by atoms with E-state index in [1.165, 1.54) is 22.8 Å². The number of aromatic nitrogens is 1. The summed E-state index contributed by atoms with van der Waals surface area (Å²) in [6.45, 7) is 4.66.